The molecule has 34 heavy (non-hydrogen) atoms. The lowest BCUT2D eigenvalue weighted by atomic mass is 9.88. The summed E-state index contributed by atoms with van der Waals surface area (Å²) in [6.07, 6.45) is 0. The average Bonchev–Trinajstić information content (AvgIpc) is 3.33. The Kier molecular flexibility index (Phi) is 5.45. The number of hydrogen-bond donors (Lipinski definition) is 2. The number of morpholine rings is 1. The normalized spacial score (nSPS) is 21.9. The van der Waals surface area contributed by atoms with Crippen molar-refractivity contribution in [3.8, 4) is 5.75 Å². The molecule has 2 fully saturated rings. The van der Waals surface area contributed by atoms with Gasteiger partial charge in [-0.25, -0.2) is 4.79 Å². The van der Waals surface area contributed by atoms with Crippen LogP contribution < -0.4 is 15.4 Å². The molecule has 10 heteroatoms. The fourth-order valence-corrected chi connectivity index (χ4v) is 4.63. The van der Waals surface area contributed by atoms with E-state index in [9.17, 15) is 19.2 Å². The molecule has 2 N–H and O–H groups in total. The van der Waals surface area contributed by atoms with Gasteiger partial charge in [0.25, 0.3) is 17.7 Å². The van der Waals surface area contributed by atoms with Crippen LogP contribution in [0.2, 0.25) is 0 Å². The zero-order chi connectivity index (χ0) is 23.9. The highest BCUT2D eigenvalue weighted by Crippen LogP contribution is 2.32. The lowest BCUT2D eigenvalue weighted by Gasteiger charge is -2.31. The summed E-state index contributed by atoms with van der Waals surface area (Å²) in [5, 5.41) is 5.00. The molecule has 0 unspecified atom stereocenters. The second-order valence-corrected chi connectivity index (χ2v) is 8.48. The Morgan fingerprint density at radius 2 is 1.82 bits per heavy atom. The fourth-order valence-electron chi connectivity index (χ4n) is 4.63. The first kappa shape index (κ1) is 21.9. The first-order chi connectivity index (χ1) is 16.4. The highest BCUT2D eigenvalue weighted by Gasteiger charge is 2.50. The zero-order valence-corrected chi connectivity index (χ0v) is 18.6. The Morgan fingerprint density at radius 3 is 2.47 bits per heavy atom. The lowest BCUT2D eigenvalue weighted by molar-refractivity contribution is -0.124. The van der Waals surface area contributed by atoms with Gasteiger partial charge < -0.3 is 24.6 Å². The summed E-state index contributed by atoms with van der Waals surface area (Å²) < 4.78 is 10.5. The Bertz CT molecular complexity index is 1170. The van der Waals surface area contributed by atoms with Crippen molar-refractivity contribution in [2.75, 3.05) is 40.0 Å². The van der Waals surface area contributed by atoms with Gasteiger partial charge in [0, 0.05) is 30.8 Å². The third-order valence-electron chi connectivity index (χ3n) is 6.49. The number of benzene rings is 2. The third kappa shape index (κ3) is 3.65. The van der Waals surface area contributed by atoms with Gasteiger partial charge >= 0.3 is 6.03 Å². The van der Waals surface area contributed by atoms with Crippen LogP contribution >= 0.6 is 0 Å². The van der Waals surface area contributed by atoms with Crippen molar-refractivity contribution in [2.24, 2.45) is 0 Å². The standard InChI is InChI=1S/C24H24N4O6/c1-33-18-7-4-16-13-28(21(30)19(16)12-18)14-24(22(31)25-23(32)26-24)17-5-2-15(3-6-17)20(29)27-8-10-34-11-9-27/h2-7,12H,8-11,13-14H2,1H3,(H2,25,26,31,32)/t24-/m0/s1. The van der Waals surface area contributed by atoms with E-state index in [4.69, 9.17) is 9.47 Å². The number of carbonyl (C=O) groups excluding carboxylic acids is 4. The van der Waals surface area contributed by atoms with Gasteiger partial charge in [-0.1, -0.05) is 18.2 Å². The molecule has 5 rings (SSSR count). The van der Waals surface area contributed by atoms with Crippen molar-refractivity contribution < 1.29 is 28.7 Å². The number of nitrogens with zero attached hydrogens (tertiary/aromatic N) is 2. The molecule has 0 bridgehead atoms. The number of carbonyl (C=O) groups is 4. The fraction of sp³-hybridized carbons (Fsp3) is 0.333. The maximum absolute atomic E-state index is 13.1. The molecule has 2 saturated heterocycles. The van der Waals surface area contributed by atoms with E-state index in [2.05, 4.69) is 10.6 Å². The number of methoxy groups -OCH3 is 1. The molecule has 3 aliphatic rings. The van der Waals surface area contributed by atoms with E-state index in [1.54, 1.807) is 41.3 Å². The Balaban J connectivity index is 1.42. The van der Waals surface area contributed by atoms with Crippen molar-refractivity contribution in [3.05, 3.63) is 64.7 Å². The van der Waals surface area contributed by atoms with Crippen molar-refractivity contribution >= 4 is 23.8 Å². The number of urea groups is 1. The molecular formula is C24H24N4O6. The Labute approximate surface area is 195 Å². The second kappa shape index (κ2) is 8.45. The third-order valence-corrected chi connectivity index (χ3v) is 6.49. The molecule has 0 radical (unpaired) electrons. The molecule has 10 nitrogen and oxygen atoms in total. The van der Waals surface area contributed by atoms with Gasteiger partial charge in [-0.15, -0.1) is 0 Å². The predicted molar refractivity (Wildman–Crippen MR) is 119 cm³/mol. The van der Waals surface area contributed by atoms with Crippen molar-refractivity contribution in [1.82, 2.24) is 20.4 Å². The number of nitrogens with one attached hydrogen (secondary N) is 2. The summed E-state index contributed by atoms with van der Waals surface area (Å²) in [5.74, 6) is -0.355. The molecule has 2 aromatic carbocycles. The molecule has 0 aromatic heterocycles. The van der Waals surface area contributed by atoms with E-state index < -0.39 is 17.5 Å². The molecule has 3 heterocycles. The molecule has 0 spiro atoms. The van der Waals surface area contributed by atoms with Crippen LogP contribution in [0, 0.1) is 0 Å². The summed E-state index contributed by atoms with van der Waals surface area (Å²) in [4.78, 5) is 54.3. The first-order valence-electron chi connectivity index (χ1n) is 11.0. The van der Waals surface area contributed by atoms with Crippen molar-refractivity contribution in [3.63, 3.8) is 0 Å². The minimum absolute atomic E-state index is 0.0584. The highest BCUT2D eigenvalue weighted by molar-refractivity contribution is 6.08. The zero-order valence-electron chi connectivity index (χ0n) is 18.6. The summed E-state index contributed by atoms with van der Waals surface area (Å²) in [5.41, 5.74) is 0.806. The van der Waals surface area contributed by atoms with Gasteiger partial charge in [0.15, 0.2) is 5.54 Å². The minimum atomic E-state index is -1.47. The maximum Gasteiger partial charge on any atom is 0.322 e. The van der Waals surface area contributed by atoms with Gasteiger partial charge in [-0.3, -0.25) is 19.7 Å². The molecule has 0 aliphatic carbocycles. The molecule has 3 aliphatic heterocycles. The van der Waals surface area contributed by atoms with Gasteiger partial charge in [-0.05, 0) is 35.4 Å². The highest BCUT2D eigenvalue weighted by atomic mass is 16.5. The Morgan fingerprint density at radius 1 is 1.09 bits per heavy atom. The molecule has 5 amide bonds. The van der Waals surface area contributed by atoms with Gasteiger partial charge in [-0.2, -0.15) is 0 Å². The summed E-state index contributed by atoms with van der Waals surface area (Å²) in [6.45, 7) is 2.28. The van der Waals surface area contributed by atoms with E-state index in [0.717, 1.165) is 5.56 Å². The molecule has 176 valence electrons. The smallest absolute Gasteiger partial charge is 0.322 e. The van der Waals surface area contributed by atoms with E-state index in [-0.39, 0.29) is 18.4 Å². The van der Waals surface area contributed by atoms with E-state index in [0.29, 0.717) is 55.3 Å². The van der Waals surface area contributed by atoms with Crippen LogP contribution in [0.15, 0.2) is 42.5 Å². The number of rotatable bonds is 5. The van der Waals surface area contributed by atoms with Crippen LogP contribution in [-0.2, 0) is 21.6 Å². The molecule has 1 atom stereocenters. The average molecular weight is 464 g/mol. The van der Waals surface area contributed by atoms with Crippen LogP contribution in [0.25, 0.3) is 0 Å². The van der Waals surface area contributed by atoms with Gasteiger partial charge in [0.1, 0.15) is 5.75 Å². The quantitative estimate of drug-likeness (QED) is 0.634. The summed E-state index contributed by atoms with van der Waals surface area (Å²) in [7, 11) is 1.53. The van der Waals surface area contributed by atoms with Gasteiger partial charge in [0.2, 0.25) is 0 Å². The Hall–Kier alpha value is -3.92. The largest absolute Gasteiger partial charge is 0.497 e. The van der Waals surface area contributed by atoms with Crippen LogP contribution in [0.4, 0.5) is 4.79 Å². The number of amides is 5. The van der Waals surface area contributed by atoms with Crippen molar-refractivity contribution in [2.45, 2.75) is 12.1 Å². The SMILES string of the molecule is COc1ccc2c(c1)C(=O)N(C[C@@]1(c3ccc(C(=O)N4CCOCC4)cc3)NC(=O)NC1=O)C2. The maximum atomic E-state index is 13.1. The minimum Gasteiger partial charge on any atom is -0.497 e. The van der Waals surface area contributed by atoms with Crippen molar-refractivity contribution in [1.29, 1.82) is 0 Å². The molecular weight excluding hydrogens is 440 g/mol. The van der Waals surface area contributed by atoms with E-state index in [1.807, 2.05) is 6.07 Å². The molecule has 2 aromatic rings. The number of imide groups is 1. The number of fused-ring (bicyclic) bond motifs is 1. The predicted octanol–water partition coefficient (Wildman–Crippen LogP) is 0.858. The van der Waals surface area contributed by atoms with E-state index >= 15 is 0 Å². The summed E-state index contributed by atoms with van der Waals surface area (Å²) >= 11 is 0. The van der Waals surface area contributed by atoms with Gasteiger partial charge in [0.05, 0.1) is 26.9 Å². The van der Waals surface area contributed by atoms with Crippen LogP contribution in [0.5, 0.6) is 5.75 Å². The monoisotopic (exact) mass is 464 g/mol. The summed E-state index contributed by atoms with van der Waals surface area (Å²) in [6, 6.07) is 11.2. The van der Waals surface area contributed by atoms with Crippen LogP contribution in [0.3, 0.4) is 0 Å². The second-order valence-electron chi connectivity index (χ2n) is 8.48. The number of hydrogen-bond acceptors (Lipinski definition) is 6. The topological polar surface area (TPSA) is 117 Å². The first-order valence-corrected chi connectivity index (χ1v) is 11.0. The molecule has 0 saturated carbocycles. The lowest BCUT2D eigenvalue weighted by Crippen LogP contribution is -2.52. The number of ether oxygens (including phenoxy) is 2. The van der Waals surface area contributed by atoms with Crippen LogP contribution in [-0.4, -0.2) is 73.5 Å². The van der Waals surface area contributed by atoms with Crippen LogP contribution in [0.1, 0.15) is 31.8 Å². The van der Waals surface area contributed by atoms with E-state index in [1.165, 1.54) is 12.0 Å².